The minimum atomic E-state index is 0.884. The van der Waals surface area contributed by atoms with Crippen LogP contribution in [-0.4, -0.2) is 0 Å². The van der Waals surface area contributed by atoms with Gasteiger partial charge in [-0.1, -0.05) is 54.9 Å². The molecule has 0 aliphatic heterocycles. The lowest BCUT2D eigenvalue weighted by atomic mass is 9.66. The van der Waals surface area contributed by atoms with Crippen LogP contribution in [0.15, 0.2) is 0 Å². The van der Waals surface area contributed by atoms with Crippen molar-refractivity contribution in [3.63, 3.8) is 0 Å². The van der Waals surface area contributed by atoms with Crippen molar-refractivity contribution in [3.05, 3.63) is 0 Å². The molecule has 0 N–H and O–H groups in total. The van der Waals surface area contributed by atoms with Crippen molar-refractivity contribution >= 4 is 0 Å². The highest BCUT2D eigenvalue weighted by molar-refractivity contribution is 4.82. The van der Waals surface area contributed by atoms with Gasteiger partial charge >= 0.3 is 0 Å². The summed E-state index contributed by atoms with van der Waals surface area (Å²) in [6.07, 6.45) is 4.41. The second kappa shape index (κ2) is 7.30. The van der Waals surface area contributed by atoms with Gasteiger partial charge in [0.2, 0.25) is 0 Å². The van der Waals surface area contributed by atoms with Crippen molar-refractivity contribution in [1.29, 1.82) is 0 Å². The summed E-state index contributed by atoms with van der Waals surface area (Å²) in [6.45, 7) is 16.0. The molecular formula is C15H32. The molecule has 0 aromatic carbocycles. The van der Waals surface area contributed by atoms with E-state index in [1.807, 2.05) is 13.8 Å². The van der Waals surface area contributed by atoms with Gasteiger partial charge in [-0.05, 0) is 42.4 Å². The fourth-order valence-corrected chi connectivity index (χ4v) is 3.04. The van der Waals surface area contributed by atoms with Crippen LogP contribution < -0.4 is 0 Å². The Labute approximate surface area is 97.8 Å². The maximum Gasteiger partial charge on any atom is -0.0358 e. The summed E-state index contributed by atoms with van der Waals surface area (Å²) in [5.74, 6) is 4.73. The molecule has 1 aliphatic rings. The first-order chi connectivity index (χ1) is 7.02. The second-order valence-corrected chi connectivity index (χ2v) is 5.73. The fraction of sp³-hybridized carbons (Fsp3) is 1.00. The maximum atomic E-state index is 2.42. The number of hydrogen-bond donors (Lipinski definition) is 0. The van der Waals surface area contributed by atoms with E-state index in [4.69, 9.17) is 0 Å². The van der Waals surface area contributed by atoms with Gasteiger partial charge in [0.25, 0.3) is 0 Å². The lowest BCUT2D eigenvalue weighted by Gasteiger charge is -2.39. The van der Waals surface area contributed by atoms with E-state index in [-0.39, 0.29) is 0 Å². The molecule has 2 unspecified atom stereocenters. The monoisotopic (exact) mass is 212 g/mol. The van der Waals surface area contributed by atoms with Crippen LogP contribution in [0.25, 0.3) is 0 Å². The molecule has 1 saturated carbocycles. The Morgan fingerprint density at radius 3 is 1.67 bits per heavy atom. The summed E-state index contributed by atoms with van der Waals surface area (Å²) in [6, 6.07) is 0. The molecule has 1 rings (SSSR count). The van der Waals surface area contributed by atoms with Crippen molar-refractivity contribution < 1.29 is 0 Å². The quantitative estimate of drug-likeness (QED) is 0.576. The smallest absolute Gasteiger partial charge is 0.0358 e. The minimum absolute atomic E-state index is 0.884. The molecule has 1 aliphatic carbocycles. The molecule has 0 saturated heterocycles. The second-order valence-electron chi connectivity index (χ2n) is 5.73. The van der Waals surface area contributed by atoms with E-state index in [9.17, 15) is 0 Å². The van der Waals surface area contributed by atoms with Gasteiger partial charge in [-0.25, -0.2) is 0 Å². The van der Waals surface area contributed by atoms with E-state index < -0.39 is 0 Å². The molecule has 0 nitrogen and oxygen atoms in total. The van der Waals surface area contributed by atoms with Crippen molar-refractivity contribution in [2.75, 3.05) is 0 Å². The normalized spacial score (nSPS) is 31.4. The molecule has 0 radical (unpaired) electrons. The van der Waals surface area contributed by atoms with Crippen LogP contribution in [-0.2, 0) is 0 Å². The van der Waals surface area contributed by atoms with Crippen LogP contribution in [0.3, 0.4) is 0 Å². The molecule has 92 valence electrons. The van der Waals surface area contributed by atoms with Gasteiger partial charge in [-0.2, -0.15) is 0 Å². The topological polar surface area (TPSA) is 0 Å². The minimum Gasteiger partial charge on any atom is -0.0683 e. The van der Waals surface area contributed by atoms with Gasteiger partial charge in [-0.3, -0.25) is 0 Å². The highest BCUT2D eigenvalue weighted by Crippen LogP contribution is 2.41. The summed E-state index contributed by atoms with van der Waals surface area (Å²) in [5, 5.41) is 0. The van der Waals surface area contributed by atoms with Crippen LogP contribution in [0, 0.1) is 29.6 Å². The Bertz CT molecular complexity index is 146. The van der Waals surface area contributed by atoms with E-state index >= 15 is 0 Å². The highest BCUT2D eigenvalue weighted by Gasteiger charge is 2.32. The molecule has 1 fully saturated rings. The lowest BCUT2D eigenvalue weighted by Crippen LogP contribution is -2.30. The Balaban J connectivity index is 0.000000921. The third kappa shape index (κ3) is 4.57. The lowest BCUT2D eigenvalue weighted by molar-refractivity contribution is 0.106. The van der Waals surface area contributed by atoms with Gasteiger partial charge in [0, 0.05) is 0 Å². The summed E-state index contributed by atoms with van der Waals surface area (Å²) in [5.41, 5.74) is 0. The van der Waals surface area contributed by atoms with Gasteiger partial charge in [0.05, 0.1) is 0 Å². The maximum absolute atomic E-state index is 2.42. The number of hydrogen-bond acceptors (Lipinski definition) is 0. The summed E-state index contributed by atoms with van der Waals surface area (Å²) < 4.78 is 0. The largest absolute Gasteiger partial charge is 0.0683 e. The molecule has 3 atom stereocenters. The predicted molar refractivity (Wildman–Crippen MR) is 71.0 cm³/mol. The zero-order valence-corrected chi connectivity index (χ0v) is 12.0. The zero-order chi connectivity index (χ0) is 12.0. The molecule has 0 aromatic rings. The molecule has 0 aromatic heterocycles. The van der Waals surface area contributed by atoms with Crippen LogP contribution in [0.1, 0.15) is 67.7 Å². The van der Waals surface area contributed by atoms with Crippen molar-refractivity contribution in [3.8, 4) is 0 Å². The molecule has 0 amide bonds. The van der Waals surface area contributed by atoms with Crippen molar-refractivity contribution in [1.82, 2.24) is 0 Å². The summed E-state index contributed by atoms with van der Waals surface area (Å²) in [7, 11) is 0. The molecule has 15 heavy (non-hydrogen) atoms. The van der Waals surface area contributed by atoms with Gasteiger partial charge < -0.3 is 0 Å². The van der Waals surface area contributed by atoms with E-state index in [2.05, 4.69) is 34.6 Å². The Morgan fingerprint density at radius 2 is 1.27 bits per heavy atom. The van der Waals surface area contributed by atoms with Crippen LogP contribution in [0.2, 0.25) is 0 Å². The average molecular weight is 212 g/mol. The Hall–Kier alpha value is 0. The van der Waals surface area contributed by atoms with Gasteiger partial charge in [-0.15, -0.1) is 0 Å². The van der Waals surface area contributed by atoms with Crippen molar-refractivity contribution in [2.45, 2.75) is 67.7 Å². The first-order valence-electron chi connectivity index (χ1n) is 7.02. The first-order valence-corrected chi connectivity index (χ1v) is 7.02. The van der Waals surface area contributed by atoms with E-state index in [0.717, 1.165) is 29.6 Å². The van der Waals surface area contributed by atoms with Gasteiger partial charge in [0.15, 0.2) is 0 Å². The summed E-state index contributed by atoms with van der Waals surface area (Å²) in [4.78, 5) is 0. The van der Waals surface area contributed by atoms with Gasteiger partial charge in [0.1, 0.15) is 0 Å². The SMILES string of the molecule is CC.CC1CC[C@@H](C(C)C)C(C(C)C)C1. The fourth-order valence-electron chi connectivity index (χ4n) is 3.04. The zero-order valence-electron chi connectivity index (χ0n) is 12.0. The molecule has 0 heterocycles. The van der Waals surface area contributed by atoms with E-state index in [1.54, 1.807) is 0 Å². The highest BCUT2D eigenvalue weighted by atomic mass is 14.4. The Kier molecular flexibility index (Phi) is 7.30. The molecule has 0 bridgehead atoms. The van der Waals surface area contributed by atoms with Crippen molar-refractivity contribution in [2.24, 2.45) is 29.6 Å². The first kappa shape index (κ1) is 15.0. The average Bonchev–Trinajstić information content (AvgIpc) is 2.20. The van der Waals surface area contributed by atoms with Crippen LogP contribution in [0.5, 0.6) is 0 Å². The Morgan fingerprint density at radius 1 is 0.800 bits per heavy atom. The predicted octanol–water partition coefficient (Wildman–Crippen LogP) is 5.38. The number of rotatable bonds is 2. The summed E-state index contributed by atoms with van der Waals surface area (Å²) >= 11 is 0. The molecular weight excluding hydrogens is 180 g/mol. The van der Waals surface area contributed by atoms with E-state index in [1.165, 1.54) is 19.3 Å². The van der Waals surface area contributed by atoms with E-state index in [0.29, 0.717) is 0 Å². The van der Waals surface area contributed by atoms with Crippen LogP contribution in [0.4, 0.5) is 0 Å². The molecule has 0 heteroatoms. The molecule has 0 spiro atoms. The standard InChI is InChI=1S/C13H26.C2H6/c1-9(2)12-7-6-11(5)8-13(12)10(3)4;1-2/h9-13H,6-8H2,1-5H3;1-2H3/t11?,12-,13?;/m0./s1. The van der Waals surface area contributed by atoms with Crippen LogP contribution >= 0.6 is 0 Å². The third-order valence-electron chi connectivity index (χ3n) is 3.93. The third-order valence-corrected chi connectivity index (χ3v) is 3.93.